The van der Waals surface area contributed by atoms with E-state index in [0.717, 1.165) is 59.7 Å². The van der Waals surface area contributed by atoms with Gasteiger partial charge in [-0.3, -0.25) is 9.55 Å². The summed E-state index contributed by atoms with van der Waals surface area (Å²) in [7, 11) is 0. The van der Waals surface area contributed by atoms with Crippen LogP contribution in [0.3, 0.4) is 0 Å². The van der Waals surface area contributed by atoms with E-state index in [0.29, 0.717) is 17.3 Å². The summed E-state index contributed by atoms with van der Waals surface area (Å²) in [6.07, 6.45) is 4.88. The number of hydrogen-bond acceptors (Lipinski definition) is 7. The third kappa shape index (κ3) is 3.57. The Kier molecular flexibility index (Phi) is 4.79. The van der Waals surface area contributed by atoms with Gasteiger partial charge in [0.2, 0.25) is 5.88 Å². The lowest BCUT2D eigenvalue weighted by atomic mass is 10.0. The second kappa shape index (κ2) is 7.98. The van der Waals surface area contributed by atoms with Crippen molar-refractivity contribution in [3.8, 4) is 11.6 Å². The molecule has 0 unspecified atom stereocenters. The molecular formula is C24H24N8O2. The van der Waals surface area contributed by atoms with Crippen molar-refractivity contribution in [3.63, 3.8) is 0 Å². The number of imidazole rings is 2. The number of nitrogens with one attached hydrogen (secondary N) is 2. The Morgan fingerprint density at radius 1 is 1.06 bits per heavy atom. The van der Waals surface area contributed by atoms with Crippen LogP contribution in [0.1, 0.15) is 30.3 Å². The monoisotopic (exact) mass is 456 g/mol. The Labute approximate surface area is 194 Å². The summed E-state index contributed by atoms with van der Waals surface area (Å²) in [5.41, 5.74) is 4.29. The van der Waals surface area contributed by atoms with Gasteiger partial charge in [-0.2, -0.15) is 0 Å². The summed E-state index contributed by atoms with van der Waals surface area (Å²) in [5.74, 6) is 2.87. The van der Waals surface area contributed by atoms with Crippen molar-refractivity contribution in [2.24, 2.45) is 0 Å². The first kappa shape index (κ1) is 20.4. The molecule has 10 heteroatoms. The number of aryl methyl sites for hydroxylation is 2. The van der Waals surface area contributed by atoms with E-state index < -0.39 is 0 Å². The molecule has 34 heavy (non-hydrogen) atoms. The van der Waals surface area contributed by atoms with Gasteiger partial charge in [0.05, 0.1) is 16.6 Å². The molecule has 1 fully saturated rings. The van der Waals surface area contributed by atoms with Crippen molar-refractivity contribution in [1.29, 1.82) is 0 Å². The predicted molar refractivity (Wildman–Crippen MR) is 129 cm³/mol. The fourth-order valence-corrected chi connectivity index (χ4v) is 4.79. The molecule has 1 saturated heterocycles. The Morgan fingerprint density at radius 2 is 1.91 bits per heavy atom. The van der Waals surface area contributed by atoms with E-state index in [9.17, 15) is 4.79 Å². The van der Waals surface area contributed by atoms with Crippen molar-refractivity contribution >= 4 is 28.0 Å². The van der Waals surface area contributed by atoms with Crippen LogP contribution in [0.4, 0.5) is 5.82 Å². The Balaban J connectivity index is 1.19. The molecule has 5 aromatic rings. The van der Waals surface area contributed by atoms with Gasteiger partial charge in [0.1, 0.15) is 23.7 Å². The highest BCUT2D eigenvalue weighted by Crippen LogP contribution is 2.30. The van der Waals surface area contributed by atoms with E-state index in [-0.39, 0.29) is 11.7 Å². The lowest BCUT2D eigenvalue weighted by molar-refractivity contribution is 0.394. The zero-order valence-electron chi connectivity index (χ0n) is 18.9. The molecule has 0 spiro atoms. The van der Waals surface area contributed by atoms with Gasteiger partial charge in [0, 0.05) is 37.5 Å². The van der Waals surface area contributed by atoms with Crippen molar-refractivity contribution in [2.45, 2.75) is 32.7 Å². The minimum absolute atomic E-state index is 0.107. The number of aromatic amines is 2. The molecule has 1 aliphatic heterocycles. The Hall–Kier alpha value is -4.21. The minimum atomic E-state index is -0.107. The second-order valence-electron chi connectivity index (χ2n) is 8.66. The fourth-order valence-electron chi connectivity index (χ4n) is 4.79. The highest BCUT2D eigenvalue weighted by Gasteiger charge is 2.25. The standard InChI is InChI=1S/C24H24N8O2/c1-14-10-17(11-18-22(14)29-15(2)28-18)34-21-12-20(26-13-27-21)31-8-5-16(6-9-31)32-19-4-3-7-25-23(19)30-24(32)33/h3-4,7,10-13,16H,5-6,8-9H2,1-2H3,(H,28,29)(H,25,30,33). The molecule has 0 atom stereocenters. The van der Waals surface area contributed by atoms with E-state index >= 15 is 0 Å². The summed E-state index contributed by atoms with van der Waals surface area (Å²) in [5, 5.41) is 0. The van der Waals surface area contributed by atoms with Crippen LogP contribution in [-0.4, -0.2) is 47.6 Å². The first-order chi connectivity index (χ1) is 16.5. The van der Waals surface area contributed by atoms with E-state index in [2.05, 4.69) is 34.8 Å². The summed E-state index contributed by atoms with van der Waals surface area (Å²) in [6.45, 7) is 5.50. The fraction of sp³-hybridized carbons (Fsp3) is 0.292. The summed E-state index contributed by atoms with van der Waals surface area (Å²) in [4.78, 5) is 38.4. The molecule has 10 nitrogen and oxygen atoms in total. The SMILES string of the molecule is Cc1nc2c(C)cc(Oc3cc(N4CCC(n5c(=O)[nH]c6ncccc65)CC4)ncn3)cc2[nH]1. The topological polar surface area (TPSA) is 118 Å². The van der Waals surface area contributed by atoms with E-state index in [1.807, 2.05) is 48.7 Å². The third-order valence-electron chi connectivity index (χ3n) is 6.36. The Bertz CT molecular complexity index is 1560. The normalized spacial score (nSPS) is 14.8. The van der Waals surface area contributed by atoms with Crippen LogP contribution in [0.15, 0.2) is 47.7 Å². The number of H-pyrrole nitrogens is 2. The van der Waals surface area contributed by atoms with Gasteiger partial charge in [-0.1, -0.05) is 0 Å². The highest BCUT2D eigenvalue weighted by atomic mass is 16.5. The molecule has 1 aliphatic rings. The number of piperidine rings is 1. The lowest BCUT2D eigenvalue weighted by Gasteiger charge is -2.33. The average Bonchev–Trinajstić information content (AvgIpc) is 3.38. The van der Waals surface area contributed by atoms with Gasteiger partial charge in [-0.05, 0) is 50.5 Å². The first-order valence-electron chi connectivity index (χ1n) is 11.3. The first-order valence-corrected chi connectivity index (χ1v) is 11.3. The van der Waals surface area contributed by atoms with Gasteiger partial charge in [-0.15, -0.1) is 0 Å². The Morgan fingerprint density at radius 3 is 2.76 bits per heavy atom. The summed E-state index contributed by atoms with van der Waals surface area (Å²) >= 11 is 0. The molecule has 172 valence electrons. The molecular weight excluding hydrogens is 432 g/mol. The number of rotatable bonds is 4. The van der Waals surface area contributed by atoms with Crippen molar-refractivity contribution in [3.05, 3.63) is 64.7 Å². The van der Waals surface area contributed by atoms with E-state index in [4.69, 9.17) is 4.74 Å². The summed E-state index contributed by atoms with van der Waals surface area (Å²) in [6, 6.07) is 9.67. The second-order valence-corrected chi connectivity index (χ2v) is 8.66. The minimum Gasteiger partial charge on any atom is -0.439 e. The van der Waals surface area contributed by atoms with Crippen LogP contribution in [0.2, 0.25) is 0 Å². The maximum atomic E-state index is 12.5. The molecule has 1 aromatic carbocycles. The van der Waals surface area contributed by atoms with E-state index in [1.165, 1.54) is 6.33 Å². The van der Waals surface area contributed by atoms with Crippen LogP contribution in [0, 0.1) is 13.8 Å². The van der Waals surface area contributed by atoms with Gasteiger partial charge in [0.25, 0.3) is 0 Å². The number of nitrogens with zero attached hydrogens (tertiary/aromatic N) is 6. The molecule has 0 saturated carbocycles. The number of ether oxygens (including phenoxy) is 1. The lowest BCUT2D eigenvalue weighted by Crippen LogP contribution is -2.37. The van der Waals surface area contributed by atoms with Gasteiger partial charge >= 0.3 is 5.69 Å². The zero-order valence-corrected chi connectivity index (χ0v) is 18.9. The van der Waals surface area contributed by atoms with Gasteiger partial charge in [0.15, 0.2) is 5.65 Å². The van der Waals surface area contributed by atoms with Crippen LogP contribution in [0.5, 0.6) is 11.6 Å². The number of benzene rings is 1. The van der Waals surface area contributed by atoms with Gasteiger partial charge < -0.3 is 14.6 Å². The maximum absolute atomic E-state index is 12.5. The number of anilines is 1. The third-order valence-corrected chi connectivity index (χ3v) is 6.36. The molecule has 4 aromatic heterocycles. The zero-order chi connectivity index (χ0) is 23.2. The summed E-state index contributed by atoms with van der Waals surface area (Å²) < 4.78 is 7.91. The van der Waals surface area contributed by atoms with Crippen LogP contribution in [0.25, 0.3) is 22.2 Å². The number of pyridine rings is 1. The highest BCUT2D eigenvalue weighted by molar-refractivity contribution is 5.80. The maximum Gasteiger partial charge on any atom is 0.327 e. The number of hydrogen-bond donors (Lipinski definition) is 2. The van der Waals surface area contributed by atoms with Crippen LogP contribution >= 0.6 is 0 Å². The number of aromatic nitrogens is 7. The van der Waals surface area contributed by atoms with Crippen molar-refractivity contribution < 1.29 is 4.74 Å². The van der Waals surface area contributed by atoms with Crippen LogP contribution < -0.4 is 15.3 Å². The van der Waals surface area contributed by atoms with Crippen molar-refractivity contribution in [2.75, 3.05) is 18.0 Å². The van der Waals surface area contributed by atoms with Crippen LogP contribution in [-0.2, 0) is 0 Å². The predicted octanol–water partition coefficient (Wildman–Crippen LogP) is 3.64. The van der Waals surface area contributed by atoms with E-state index in [1.54, 1.807) is 6.20 Å². The molecule has 2 N–H and O–H groups in total. The van der Waals surface area contributed by atoms with Crippen molar-refractivity contribution in [1.82, 2.24) is 34.5 Å². The molecule has 0 aliphatic carbocycles. The smallest absolute Gasteiger partial charge is 0.327 e. The quantitative estimate of drug-likeness (QED) is 0.424. The molecule has 0 amide bonds. The van der Waals surface area contributed by atoms with Gasteiger partial charge in [-0.25, -0.2) is 24.7 Å². The number of fused-ring (bicyclic) bond motifs is 2. The molecule has 6 rings (SSSR count). The molecule has 0 radical (unpaired) electrons. The molecule has 5 heterocycles. The molecule has 0 bridgehead atoms. The average molecular weight is 457 g/mol. The largest absolute Gasteiger partial charge is 0.439 e.